The van der Waals surface area contributed by atoms with E-state index in [9.17, 15) is 4.79 Å². The molecular weight excluding hydrogens is 490 g/mol. The molecule has 0 unspecified atom stereocenters. The predicted molar refractivity (Wildman–Crippen MR) is 149 cm³/mol. The summed E-state index contributed by atoms with van der Waals surface area (Å²) in [5.41, 5.74) is 6.89. The molecule has 1 saturated heterocycles. The molecule has 196 valence electrons. The van der Waals surface area contributed by atoms with Crippen molar-refractivity contribution in [1.29, 1.82) is 0 Å². The number of nitrogens with zero attached hydrogens (tertiary/aromatic N) is 4. The van der Waals surface area contributed by atoms with Crippen molar-refractivity contribution in [2.75, 3.05) is 36.5 Å². The van der Waals surface area contributed by atoms with E-state index in [4.69, 9.17) is 14.1 Å². The van der Waals surface area contributed by atoms with Crippen LogP contribution in [0.5, 0.6) is 0 Å². The predicted octanol–water partition coefficient (Wildman–Crippen LogP) is 4.85. The molecule has 3 aromatic carbocycles. The van der Waals surface area contributed by atoms with Crippen LogP contribution in [0.3, 0.4) is 0 Å². The van der Waals surface area contributed by atoms with Crippen molar-refractivity contribution in [3.63, 3.8) is 0 Å². The molecule has 0 radical (unpaired) electrons. The lowest BCUT2D eigenvalue weighted by atomic mass is 9.96. The quantitative estimate of drug-likeness (QED) is 0.389. The lowest BCUT2D eigenvalue weighted by Crippen LogP contribution is -2.36. The summed E-state index contributed by atoms with van der Waals surface area (Å²) in [4.78, 5) is 20.5. The summed E-state index contributed by atoms with van der Waals surface area (Å²) in [7, 11) is 0. The zero-order chi connectivity index (χ0) is 26.2. The van der Waals surface area contributed by atoms with Gasteiger partial charge in [0.25, 0.3) is 5.89 Å². The lowest BCUT2D eigenvalue weighted by molar-refractivity contribution is -0.119. The number of morpholine rings is 1. The molecule has 0 spiro atoms. The van der Waals surface area contributed by atoms with Crippen LogP contribution in [-0.2, 0) is 16.0 Å². The molecule has 2 fully saturated rings. The highest BCUT2D eigenvalue weighted by molar-refractivity contribution is 6.16. The first-order valence-corrected chi connectivity index (χ1v) is 13.5. The molecule has 1 atom stereocenters. The molecular formula is C31H29N5O3. The highest BCUT2D eigenvalue weighted by Gasteiger charge is 2.29. The van der Waals surface area contributed by atoms with E-state index < -0.39 is 6.17 Å². The third kappa shape index (κ3) is 4.83. The fourth-order valence-corrected chi connectivity index (χ4v) is 5.38. The van der Waals surface area contributed by atoms with Crippen LogP contribution in [0.1, 0.15) is 41.0 Å². The summed E-state index contributed by atoms with van der Waals surface area (Å²) < 4.78 is 11.7. The van der Waals surface area contributed by atoms with Crippen LogP contribution in [0.4, 0.5) is 11.7 Å². The van der Waals surface area contributed by atoms with Crippen LogP contribution in [-0.4, -0.2) is 54.2 Å². The van der Waals surface area contributed by atoms with Gasteiger partial charge in [-0.25, -0.2) is 0 Å². The van der Waals surface area contributed by atoms with Gasteiger partial charge < -0.3 is 19.4 Å². The second kappa shape index (κ2) is 10.1. The van der Waals surface area contributed by atoms with Crippen molar-refractivity contribution >= 4 is 23.2 Å². The standard InChI is InChI=1S/C31H29N5O3/c37-27-19-23-8-4-5-9-24(23)28(21-6-2-1-3-7-21)32-29(27)33-31-35-34-30(39-31)25-18-22(20-10-11-20)12-13-26(25)36-14-16-38-17-15-36/h1-9,12-13,18,20,29H,10-11,14-17,19H2,(H,33,35)/t29-/m1/s1. The number of carbonyl (C=O) groups excluding carboxylic acids is 1. The average molecular weight is 520 g/mol. The Morgan fingerprint density at radius 3 is 2.49 bits per heavy atom. The Morgan fingerprint density at radius 2 is 1.67 bits per heavy atom. The number of benzene rings is 3. The fourth-order valence-electron chi connectivity index (χ4n) is 5.38. The van der Waals surface area contributed by atoms with Crippen LogP contribution in [0.15, 0.2) is 82.2 Å². The van der Waals surface area contributed by atoms with E-state index in [0.717, 1.165) is 46.7 Å². The first-order chi connectivity index (χ1) is 19.2. The first-order valence-electron chi connectivity index (χ1n) is 13.5. The fraction of sp³-hybridized carbons (Fsp3) is 0.290. The van der Waals surface area contributed by atoms with Crippen molar-refractivity contribution in [2.45, 2.75) is 31.3 Å². The number of nitrogens with one attached hydrogen (secondary N) is 1. The molecule has 3 aliphatic rings. The van der Waals surface area contributed by atoms with Gasteiger partial charge in [0, 0.05) is 36.3 Å². The van der Waals surface area contributed by atoms with Crippen LogP contribution in [0, 0.1) is 0 Å². The molecule has 8 heteroatoms. The molecule has 8 nitrogen and oxygen atoms in total. The van der Waals surface area contributed by atoms with Gasteiger partial charge >= 0.3 is 6.01 Å². The van der Waals surface area contributed by atoms with E-state index in [1.165, 1.54) is 18.4 Å². The summed E-state index contributed by atoms with van der Waals surface area (Å²) >= 11 is 0. The van der Waals surface area contributed by atoms with Gasteiger partial charge in [-0.1, -0.05) is 65.8 Å². The number of ether oxygens (including phenoxy) is 1. The Morgan fingerprint density at radius 1 is 0.872 bits per heavy atom. The highest BCUT2D eigenvalue weighted by atomic mass is 16.5. The van der Waals surface area contributed by atoms with Gasteiger partial charge in [0.1, 0.15) is 0 Å². The number of Topliss-reactive ketones (excluding diaryl/α,β-unsaturated/α-hetero) is 1. The first kappa shape index (κ1) is 23.8. The van der Waals surface area contributed by atoms with Crippen molar-refractivity contribution < 1.29 is 13.9 Å². The SMILES string of the molecule is O=C1Cc2ccccc2C(c2ccccc2)=N[C@@H]1Nc1nnc(-c2cc(C3CC3)ccc2N2CCOCC2)o1. The van der Waals surface area contributed by atoms with Crippen molar-refractivity contribution in [2.24, 2.45) is 4.99 Å². The minimum Gasteiger partial charge on any atom is -0.403 e. The van der Waals surface area contributed by atoms with Gasteiger partial charge in [-0.05, 0) is 42.0 Å². The van der Waals surface area contributed by atoms with E-state index in [-0.39, 0.29) is 18.2 Å². The summed E-state index contributed by atoms with van der Waals surface area (Å²) in [5.74, 6) is 0.968. The number of hydrogen-bond donors (Lipinski definition) is 1. The van der Waals surface area contributed by atoms with Gasteiger partial charge in [-0.2, -0.15) is 0 Å². The second-order valence-electron chi connectivity index (χ2n) is 10.3. The Labute approximate surface area is 226 Å². The molecule has 1 aliphatic carbocycles. The second-order valence-corrected chi connectivity index (χ2v) is 10.3. The Kier molecular flexibility index (Phi) is 6.17. The molecule has 0 bridgehead atoms. The zero-order valence-corrected chi connectivity index (χ0v) is 21.5. The average Bonchev–Trinajstić information content (AvgIpc) is 3.76. The maximum atomic E-state index is 13.3. The van der Waals surface area contributed by atoms with Crippen molar-refractivity contribution in [3.05, 3.63) is 95.1 Å². The third-order valence-corrected chi connectivity index (χ3v) is 7.58. The molecule has 1 N–H and O–H groups in total. The number of ketones is 1. The molecule has 2 aliphatic heterocycles. The highest BCUT2D eigenvalue weighted by Crippen LogP contribution is 2.43. The Bertz CT molecular complexity index is 1540. The third-order valence-electron chi connectivity index (χ3n) is 7.58. The molecule has 7 rings (SSSR count). The number of fused-ring (bicyclic) bond motifs is 1. The van der Waals surface area contributed by atoms with E-state index in [1.807, 2.05) is 54.6 Å². The number of anilines is 2. The number of hydrogen-bond acceptors (Lipinski definition) is 8. The lowest BCUT2D eigenvalue weighted by Gasteiger charge is -2.30. The van der Waals surface area contributed by atoms with Gasteiger partial charge in [-0.15, -0.1) is 5.10 Å². The zero-order valence-electron chi connectivity index (χ0n) is 21.5. The monoisotopic (exact) mass is 519 g/mol. The van der Waals surface area contributed by atoms with Crippen LogP contribution < -0.4 is 10.2 Å². The molecule has 3 heterocycles. The Balaban J connectivity index is 1.22. The normalized spacial score (nSPS) is 19.3. The topological polar surface area (TPSA) is 92.9 Å². The van der Waals surface area contributed by atoms with E-state index >= 15 is 0 Å². The molecule has 1 saturated carbocycles. The number of rotatable bonds is 6. The summed E-state index contributed by atoms with van der Waals surface area (Å²) in [6.07, 6.45) is 1.83. The summed E-state index contributed by atoms with van der Waals surface area (Å²) in [5, 5.41) is 11.8. The van der Waals surface area contributed by atoms with Crippen molar-refractivity contribution in [3.8, 4) is 11.5 Å². The van der Waals surface area contributed by atoms with Gasteiger partial charge in [0.15, 0.2) is 11.9 Å². The minimum absolute atomic E-state index is 0.0575. The molecule has 0 amide bonds. The van der Waals surface area contributed by atoms with E-state index in [1.54, 1.807) is 0 Å². The molecule has 39 heavy (non-hydrogen) atoms. The largest absolute Gasteiger partial charge is 0.403 e. The number of carbonyl (C=O) groups is 1. The summed E-state index contributed by atoms with van der Waals surface area (Å²) in [6, 6.07) is 24.6. The maximum absolute atomic E-state index is 13.3. The molecule has 4 aromatic rings. The van der Waals surface area contributed by atoms with E-state index in [2.05, 4.69) is 38.6 Å². The Hall–Kier alpha value is -4.30. The van der Waals surface area contributed by atoms with Crippen molar-refractivity contribution in [1.82, 2.24) is 10.2 Å². The van der Waals surface area contributed by atoms with E-state index in [0.29, 0.717) is 25.0 Å². The maximum Gasteiger partial charge on any atom is 0.317 e. The summed E-state index contributed by atoms with van der Waals surface area (Å²) in [6.45, 7) is 3.00. The smallest absolute Gasteiger partial charge is 0.317 e. The van der Waals surface area contributed by atoms with Gasteiger partial charge in [-0.3, -0.25) is 9.79 Å². The van der Waals surface area contributed by atoms with Crippen LogP contribution >= 0.6 is 0 Å². The van der Waals surface area contributed by atoms with Gasteiger partial charge in [0.2, 0.25) is 0 Å². The van der Waals surface area contributed by atoms with Crippen LogP contribution in [0.2, 0.25) is 0 Å². The number of aromatic nitrogens is 2. The minimum atomic E-state index is -0.850. The van der Waals surface area contributed by atoms with Crippen LogP contribution in [0.25, 0.3) is 11.5 Å². The molecule has 1 aromatic heterocycles. The van der Waals surface area contributed by atoms with Gasteiger partial charge in [0.05, 0.1) is 24.5 Å². The number of aliphatic imine (C=N–C) groups is 1.